The van der Waals surface area contributed by atoms with Crippen molar-refractivity contribution in [2.24, 2.45) is 0 Å². The van der Waals surface area contributed by atoms with Gasteiger partial charge in [-0.15, -0.1) is 0 Å². The molecule has 0 bridgehead atoms. The maximum absolute atomic E-state index is 12.3. The van der Waals surface area contributed by atoms with Crippen LogP contribution >= 0.6 is 0 Å². The number of rotatable bonds is 6. The van der Waals surface area contributed by atoms with Crippen molar-refractivity contribution in [1.82, 2.24) is 0 Å². The molecule has 0 aliphatic rings. The number of nitrogens with one attached hydrogen (secondary N) is 1. The van der Waals surface area contributed by atoms with E-state index in [-0.39, 0.29) is 22.7 Å². The highest BCUT2D eigenvalue weighted by molar-refractivity contribution is 5.98. The summed E-state index contributed by atoms with van der Waals surface area (Å²) in [7, 11) is 1.37. The average Bonchev–Trinajstić information content (AvgIpc) is 2.93. The molecule has 26 heavy (non-hydrogen) atoms. The van der Waals surface area contributed by atoms with Gasteiger partial charge in [-0.25, -0.2) is 4.79 Å². The molecule has 2 aromatic rings. The highest BCUT2D eigenvalue weighted by Crippen LogP contribution is 2.29. The molecule has 1 aromatic carbocycles. The first-order chi connectivity index (χ1) is 12.2. The third-order valence-electron chi connectivity index (χ3n) is 3.57. The van der Waals surface area contributed by atoms with E-state index in [4.69, 9.17) is 13.9 Å². The van der Waals surface area contributed by atoms with Crippen LogP contribution in [0.15, 0.2) is 28.7 Å². The third kappa shape index (κ3) is 4.18. The molecule has 0 aliphatic heterocycles. The number of benzene rings is 1. The predicted molar refractivity (Wildman–Crippen MR) is 91.3 cm³/mol. The van der Waals surface area contributed by atoms with Crippen molar-refractivity contribution in [3.8, 4) is 5.75 Å². The summed E-state index contributed by atoms with van der Waals surface area (Å²) in [6.45, 7) is 4.69. The summed E-state index contributed by atoms with van der Waals surface area (Å²) in [6, 6.07) is 5.30. The Morgan fingerprint density at radius 3 is 2.50 bits per heavy atom. The number of amides is 1. The van der Waals surface area contributed by atoms with E-state index >= 15 is 0 Å². The van der Waals surface area contributed by atoms with E-state index in [2.05, 4.69) is 5.32 Å². The summed E-state index contributed by atoms with van der Waals surface area (Å²) in [4.78, 5) is 34.7. The molecule has 9 heteroatoms. The minimum atomic E-state index is -1.14. The minimum Gasteiger partial charge on any atom is -0.495 e. The molecule has 0 fully saturated rings. The number of hydrogen-bond donors (Lipinski definition) is 1. The molecule has 0 unspecified atom stereocenters. The maximum atomic E-state index is 12.3. The van der Waals surface area contributed by atoms with Gasteiger partial charge in [0.05, 0.1) is 17.7 Å². The Morgan fingerprint density at radius 2 is 1.96 bits per heavy atom. The number of methoxy groups -OCH3 is 1. The number of non-ortho nitro benzene ring substituents is 1. The lowest BCUT2D eigenvalue weighted by Crippen LogP contribution is -2.30. The van der Waals surface area contributed by atoms with Gasteiger partial charge in [0.25, 0.3) is 11.6 Å². The second-order valence-electron chi connectivity index (χ2n) is 5.51. The van der Waals surface area contributed by atoms with Gasteiger partial charge in [-0.3, -0.25) is 14.9 Å². The van der Waals surface area contributed by atoms with Crippen molar-refractivity contribution in [2.75, 3.05) is 12.4 Å². The third-order valence-corrected chi connectivity index (χ3v) is 3.57. The quantitative estimate of drug-likeness (QED) is 0.476. The van der Waals surface area contributed by atoms with Gasteiger partial charge in [-0.05, 0) is 32.9 Å². The molecule has 2 rings (SSSR count). The van der Waals surface area contributed by atoms with E-state index in [1.807, 2.05) is 0 Å². The number of carbonyl (C=O) groups excluding carboxylic acids is 2. The number of anilines is 1. The SMILES string of the molecule is COc1ccc([N+](=O)[O-])cc1NC(=O)[C@H](C)OC(=O)c1cc(C)oc1C. The number of furan rings is 1. The Balaban J connectivity index is 2.11. The second-order valence-corrected chi connectivity index (χ2v) is 5.51. The fourth-order valence-corrected chi connectivity index (χ4v) is 2.25. The van der Waals surface area contributed by atoms with Gasteiger partial charge in [0.1, 0.15) is 22.8 Å². The number of nitro benzene ring substituents is 1. The second kappa shape index (κ2) is 7.68. The molecule has 0 aliphatic carbocycles. The number of hydrogen-bond acceptors (Lipinski definition) is 7. The number of nitrogens with zero attached hydrogens (tertiary/aromatic N) is 1. The van der Waals surface area contributed by atoms with Crippen LogP contribution in [0.5, 0.6) is 5.75 Å². The summed E-state index contributed by atoms with van der Waals surface area (Å²) >= 11 is 0. The molecular weight excluding hydrogens is 344 g/mol. The normalized spacial score (nSPS) is 11.5. The topological polar surface area (TPSA) is 121 Å². The Labute approximate surface area is 149 Å². The van der Waals surface area contributed by atoms with Crippen LogP contribution in [0.3, 0.4) is 0 Å². The summed E-state index contributed by atoms with van der Waals surface area (Å²) < 4.78 is 15.5. The number of carbonyl (C=O) groups is 2. The highest BCUT2D eigenvalue weighted by Gasteiger charge is 2.23. The summed E-state index contributed by atoms with van der Waals surface area (Å²) in [5.41, 5.74) is 0.121. The van der Waals surface area contributed by atoms with Crippen molar-refractivity contribution in [2.45, 2.75) is 26.9 Å². The Morgan fingerprint density at radius 1 is 1.27 bits per heavy atom. The van der Waals surface area contributed by atoms with Crippen LogP contribution in [0.25, 0.3) is 0 Å². The monoisotopic (exact) mass is 362 g/mol. The zero-order valence-electron chi connectivity index (χ0n) is 14.7. The van der Waals surface area contributed by atoms with Gasteiger partial charge in [0, 0.05) is 12.1 Å². The lowest BCUT2D eigenvalue weighted by Gasteiger charge is -2.15. The largest absolute Gasteiger partial charge is 0.495 e. The van der Waals surface area contributed by atoms with E-state index in [1.165, 1.54) is 32.2 Å². The fraction of sp³-hybridized carbons (Fsp3) is 0.294. The minimum absolute atomic E-state index is 0.102. The van der Waals surface area contributed by atoms with Crippen molar-refractivity contribution >= 4 is 23.3 Å². The standard InChI is InChI=1S/C17H18N2O7/c1-9-7-13(10(2)25-9)17(21)26-11(3)16(20)18-14-8-12(19(22)23)5-6-15(14)24-4/h5-8,11H,1-4H3,(H,18,20)/t11-/m0/s1. The Bertz CT molecular complexity index is 857. The van der Waals surface area contributed by atoms with Crippen molar-refractivity contribution in [3.63, 3.8) is 0 Å². The van der Waals surface area contributed by atoms with Gasteiger partial charge in [0.15, 0.2) is 6.10 Å². The van der Waals surface area contributed by atoms with E-state index in [9.17, 15) is 19.7 Å². The van der Waals surface area contributed by atoms with Gasteiger partial charge < -0.3 is 19.2 Å². The van der Waals surface area contributed by atoms with Crippen molar-refractivity contribution < 1.29 is 28.4 Å². The molecule has 1 atom stereocenters. The first-order valence-corrected chi connectivity index (χ1v) is 7.64. The molecule has 1 aromatic heterocycles. The van der Waals surface area contributed by atoms with E-state index in [0.29, 0.717) is 11.5 Å². The van der Waals surface area contributed by atoms with Crippen LogP contribution < -0.4 is 10.1 Å². The Hall–Kier alpha value is -3.36. The zero-order chi connectivity index (χ0) is 19.4. The first-order valence-electron chi connectivity index (χ1n) is 7.64. The van der Waals surface area contributed by atoms with Crippen LogP contribution in [0.4, 0.5) is 11.4 Å². The van der Waals surface area contributed by atoms with Gasteiger partial charge >= 0.3 is 5.97 Å². The van der Waals surface area contributed by atoms with Crippen molar-refractivity contribution in [3.05, 3.63) is 51.5 Å². The summed E-state index contributed by atoms with van der Waals surface area (Å²) in [5, 5.41) is 13.3. The molecule has 138 valence electrons. The summed E-state index contributed by atoms with van der Waals surface area (Å²) in [5.74, 6) is -0.180. The fourth-order valence-electron chi connectivity index (χ4n) is 2.25. The van der Waals surface area contributed by atoms with Gasteiger partial charge in [0.2, 0.25) is 0 Å². The predicted octanol–water partition coefficient (Wildman–Crippen LogP) is 3.00. The molecule has 0 saturated heterocycles. The average molecular weight is 362 g/mol. The molecular formula is C17H18N2O7. The van der Waals surface area contributed by atoms with Crippen LogP contribution in [-0.2, 0) is 9.53 Å². The number of aryl methyl sites for hydroxylation is 2. The molecule has 0 saturated carbocycles. The highest BCUT2D eigenvalue weighted by atomic mass is 16.6. The van der Waals surface area contributed by atoms with E-state index in [0.717, 1.165) is 6.07 Å². The number of ether oxygens (including phenoxy) is 2. The zero-order valence-corrected chi connectivity index (χ0v) is 14.7. The van der Waals surface area contributed by atoms with Crippen LogP contribution in [0.2, 0.25) is 0 Å². The van der Waals surface area contributed by atoms with Crippen molar-refractivity contribution in [1.29, 1.82) is 0 Å². The molecule has 1 amide bonds. The lowest BCUT2D eigenvalue weighted by molar-refractivity contribution is -0.384. The van der Waals surface area contributed by atoms with E-state index < -0.39 is 22.9 Å². The first kappa shape index (κ1) is 19.0. The van der Waals surface area contributed by atoms with E-state index in [1.54, 1.807) is 13.8 Å². The maximum Gasteiger partial charge on any atom is 0.342 e. The van der Waals surface area contributed by atoms with Crippen LogP contribution in [0.1, 0.15) is 28.8 Å². The van der Waals surface area contributed by atoms with Gasteiger partial charge in [-0.1, -0.05) is 0 Å². The van der Waals surface area contributed by atoms with Crippen LogP contribution in [-0.4, -0.2) is 30.0 Å². The molecule has 1 heterocycles. The van der Waals surface area contributed by atoms with Crippen LogP contribution in [0, 0.1) is 24.0 Å². The lowest BCUT2D eigenvalue weighted by atomic mass is 10.2. The smallest absolute Gasteiger partial charge is 0.342 e. The number of nitro groups is 1. The Kier molecular flexibility index (Phi) is 5.61. The molecule has 0 spiro atoms. The number of esters is 1. The summed E-state index contributed by atoms with van der Waals surface area (Å²) in [6.07, 6.45) is -1.14. The molecule has 0 radical (unpaired) electrons. The van der Waals surface area contributed by atoms with Gasteiger partial charge in [-0.2, -0.15) is 0 Å². The molecule has 1 N–H and O–H groups in total. The molecule has 9 nitrogen and oxygen atoms in total.